The molecule has 0 aliphatic rings. The monoisotopic (exact) mass is 326 g/mol. The number of rotatable bonds is 7. The Balaban J connectivity index is 2.38. The molecule has 0 aliphatic heterocycles. The fourth-order valence-corrected chi connectivity index (χ4v) is 2.21. The number of hydrogen-bond donors (Lipinski definition) is 1. The summed E-state index contributed by atoms with van der Waals surface area (Å²) in [4.78, 5) is 13.8. The number of nitrogens with zero attached hydrogens (tertiary/aromatic N) is 1. The molecular formula is C15H23BrN2O. The van der Waals surface area contributed by atoms with E-state index in [0.717, 1.165) is 22.9 Å². The van der Waals surface area contributed by atoms with Gasteiger partial charge in [0.2, 0.25) is 5.91 Å². The van der Waals surface area contributed by atoms with E-state index < -0.39 is 0 Å². The van der Waals surface area contributed by atoms with E-state index in [1.54, 1.807) is 4.90 Å². The average molecular weight is 327 g/mol. The van der Waals surface area contributed by atoms with Gasteiger partial charge in [-0.15, -0.1) is 0 Å². The molecule has 1 amide bonds. The molecule has 0 radical (unpaired) electrons. The summed E-state index contributed by atoms with van der Waals surface area (Å²) in [6, 6.07) is 8.06. The molecule has 2 N–H and O–H groups in total. The van der Waals surface area contributed by atoms with Gasteiger partial charge in [0, 0.05) is 24.5 Å². The molecule has 0 saturated carbocycles. The summed E-state index contributed by atoms with van der Waals surface area (Å²) >= 11 is 3.41. The maximum Gasteiger partial charge on any atom is 0.222 e. The van der Waals surface area contributed by atoms with Gasteiger partial charge in [-0.1, -0.05) is 35.0 Å². The summed E-state index contributed by atoms with van der Waals surface area (Å²) in [6.07, 6.45) is 2.51. The van der Waals surface area contributed by atoms with Crippen LogP contribution in [-0.4, -0.2) is 24.4 Å². The van der Waals surface area contributed by atoms with Gasteiger partial charge in [0.15, 0.2) is 0 Å². The van der Waals surface area contributed by atoms with Gasteiger partial charge in [-0.25, -0.2) is 0 Å². The summed E-state index contributed by atoms with van der Waals surface area (Å²) in [5.41, 5.74) is 6.66. The number of hydrogen-bond acceptors (Lipinski definition) is 2. The van der Waals surface area contributed by atoms with Crippen molar-refractivity contribution in [1.82, 2.24) is 4.90 Å². The summed E-state index contributed by atoms with van der Waals surface area (Å²) in [5, 5.41) is 0. The lowest BCUT2D eigenvalue weighted by Gasteiger charge is -2.18. The van der Waals surface area contributed by atoms with Crippen molar-refractivity contribution >= 4 is 21.8 Å². The van der Waals surface area contributed by atoms with Crippen molar-refractivity contribution in [2.75, 3.05) is 13.6 Å². The summed E-state index contributed by atoms with van der Waals surface area (Å²) < 4.78 is 1.06. The minimum atomic E-state index is 0.201. The maximum absolute atomic E-state index is 12.0. The van der Waals surface area contributed by atoms with E-state index in [4.69, 9.17) is 5.73 Å². The van der Waals surface area contributed by atoms with Crippen molar-refractivity contribution in [2.24, 2.45) is 11.7 Å². The third-order valence-corrected chi connectivity index (χ3v) is 3.80. The molecule has 1 aromatic rings. The van der Waals surface area contributed by atoms with Crippen molar-refractivity contribution in [1.29, 1.82) is 0 Å². The largest absolute Gasteiger partial charge is 0.341 e. The highest BCUT2D eigenvalue weighted by Crippen LogP contribution is 2.14. The van der Waals surface area contributed by atoms with Gasteiger partial charge >= 0.3 is 0 Å². The van der Waals surface area contributed by atoms with Gasteiger partial charge in [-0.2, -0.15) is 0 Å². The van der Waals surface area contributed by atoms with Crippen LogP contribution in [-0.2, 0) is 11.3 Å². The van der Waals surface area contributed by atoms with Crippen LogP contribution in [0.4, 0.5) is 0 Å². The zero-order valence-corrected chi connectivity index (χ0v) is 13.3. The van der Waals surface area contributed by atoms with Crippen LogP contribution in [0.25, 0.3) is 0 Å². The third-order valence-electron chi connectivity index (χ3n) is 3.27. The number of amides is 1. The van der Waals surface area contributed by atoms with Crippen molar-refractivity contribution < 1.29 is 4.79 Å². The normalized spacial score (nSPS) is 12.2. The lowest BCUT2D eigenvalue weighted by molar-refractivity contribution is -0.130. The van der Waals surface area contributed by atoms with Gasteiger partial charge in [0.05, 0.1) is 0 Å². The molecule has 0 aromatic heterocycles. The molecule has 1 unspecified atom stereocenters. The van der Waals surface area contributed by atoms with Gasteiger partial charge in [-0.3, -0.25) is 4.79 Å². The highest BCUT2D eigenvalue weighted by Gasteiger charge is 2.11. The van der Waals surface area contributed by atoms with Crippen LogP contribution in [0.15, 0.2) is 28.7 Å². The number of carbonyl (C=O) groups is 1. The molecule has 0 spiro atoms. The third kappa shape index (κ3) is 6.21. The second-order valence-electron chi connectivity index (χ2n) is 5.10. The van der Waals surface area contributed by atoms with Gasteiger partial charge in [-0.05, 0) is 43.0 Å². The van der Waals surface area contributed by atoms with E-state index in [1.165, 1.54) is 0 Å². The molecular weight excluding hydrogens is 304 g/mol. The quantitative estimate of drug-likeness (QED) is 0.836. The first-order valence-corrected chi connectivity index (χ1v) is 7.50. The average Bonchev–Trinajstić information content (AvgIpc) is 2.39. The van der Waals surface area contributed by atoms with E-state index in [1.807, 2.05) is 31.3 Å². The number of carbonyl (C=O) groups excluding carboxylic acids is 1. The number of nitrogens with two attached hydrogens (primary N) is 1. The van der Waals surface area contributed by atoms with Crippen molar-refractivity contribution in [3.05, 3.63) is 34.3 Å². The second kappa shape index (κ2) is 8.33. The first kappa shape index (κ1) is 16.2. The SMILES string of the molecule is CC(CCN)CCC(=O)N(C)Cc1ccc(Br)cc1. The van der Waals surface area contributed by atoms with Crippen molar-refractivity contribution in [3.63, 3.8) is 0 Å². The van der Waals surface area contributed by atoms with Crippen LogP contribution in [0, 0.1) is 5.92 Å². The Labute approximate surface area is 124 Å². The predicted molar refractivity (Wildman–Crippen MR) is 82.7 cm³/mol. The van der Waals surface area contributed by atoms with Gasteiger partial charge in [0.25, 0.3) is 0 Å². The van der Waals surface area contributed by atoms with Crippen LogP contribution in [0.1, 0.15) is 31.7 Å². The van der Waals surface area contributed by atoms with Crippen LogP contribution in [0.2, 0.25) is 0 Å². The van der Waals surface area contributed by atoms with E-state index >= 15 is 0 Å². The van der Waals surface area contributed by atoms with Crippen LogP contribution >= 0.6 is 15.9 Å². The topological polar surface area (TPSA) is 46.3 Å². The zero-order valence-electron chi connectivity index (χ0n) is 11.7. The first-order chi connectivity index (χ1) is 9.02. The first-order valence-electron chi connectivity index (χ1n) is 6.71. The molecule has 0 bridgehead atoms. The Kier molecular flexibility index (Phi) is 7.10. The van der Waals surface area contributed by atoms with Crippen LogP contribution in [0.5, 0.6) is 0 Å². The maximum atomic E-state index is 12.0. The Morgan fingerprint density at radius 3 is 2.53 bits per heavy atom. The molecule has 4 heteroatoms. The highest BCUT2D eigenvalue weighted by atomic mass is 79.9. The molecule has 0 heterocycles. The summed E-state index contributed by atoms with van der Waals surface area (Å²) in [7, 11) is 1.86. The minimum absolute atomic E-state index is 0.201. The van der Waals surface area contributed by atoms with Crippen LogP contribution < -0.4 is 5.73 Å². The van der Waals surface area contributed by atoms with E-state index in [9.17, 15) is 4.79 Å². The minimum Gasteiger partial charge on any atom is -0.341 e. The van der Waals surface area contributed by atoms with E-state index in [0.29, 0.717) is 25.4 Å². The van der Waals surface area contributed by atoms with E-state index in [2.05, 4.69) is 22.9 Å². The highest BCUT2D eigenvalue weighted by molar-refractivity contribution is 9.10. The van der Waals surface area contributed by atoms with Crippen LogP contribution in [0.3, 0.4) is 0 Å². The lowest BCUT2D eigenvalue weighted by Crippen LogP contribution is -2.26. The number of halogens is 1. The molecule has 1 rings (SSSR count). The van der Waals surface area contributed by atoms with Crippen molar-refractivity contribution in [3.8, 4) is 0 Å². The fraction of sp³-hybridized carbons (Fsp3) is 0.533. The Morgan fingerprint density at radius 1 is 1.32 bits per heavy atom. The summed E-state index contributed by atoms with van der Waals surface area (Å²) in [5.74, 6) is 0.724. The summed E-state index contributed by atoms with van der Waals surface area (Å²) in [6.45, 7) is 3.51. The molecule has 1 atom stereocenters. The molecule has 106 valence electrons. The molecule has 0 saturated heterocycles. The Bertz CT molecular complexity index is 392. The predicted octanol–water partition coefficient (Wildman–Crippen LogP) is 3.17. The molecule has 0 fully saturated rings. The molecule has 19 heavy (non-hydrogen) atoms. The second-order valence-corrected chi connectivity index (χ2v) is 6.01. The van der Waals surface area contributed by atoms with Gasteiger partial charge in [0.1, 0.15) is 0 Å². The number of benzene rings is 1. The Hall–Kier alpha value is -0.870. The van der Waals surface area contributed by atoms with E-state index in [-0.39, 0.29) is 5.91 Å². The Morgan fingerprint density at radius 2 is 1.95 bits per heavy atom. The molecule has 1 aromatic carbocycles. The van der Waals surface area contributed by atoms with Gasteiger partial charge < -0.3 is 10.6 Å². The fourth-order valence-electron chi connectivity index (χ4n) is 1.94. The lowest BCUT2D eigenvalue weighted by atomic mass is 10.0. The molecule has 0 aliphatic carbocycles. The standard InChI is InChI=1S/C15H23BrN2O/c1-12(9-10-17)3-8-15(19)18(2)11-13-4-6-14(16)7-5-13/h4-7,12H,3,8-11,17H2,1-2H3. The molecule has 3 nitrogen and oxygen atoms in total. The van der Waals surface area contributed by atoms with Crippen molar-refractivity contribution in [2.45, 2.75) is 32.7 Å². The zero-order chi connectivity index (χ0) is 14.3. The smallest absolute Gasteiger partial charge is 0.222 e.